The molecular formula is C35H50BF2IN2S. The van der Waals surface area contributed by atoms with Crippen molar-refractivity contribution in [3.63, 3.8) is 0 Å². The van der Waals surface area contributed by atoms with Gasteiger partial charge >= 0.3 is 6.97 Å². The van der Waals surface area contributed by atoms with Gasteiger partial charge < -0.3 is 17.6 Å². The van der Waals surface area contributed by atoms with Crippen molar-refractivity contribution in [1.29, 1.82) is 0 Å². The summed E-state index contributed by atoms with van der Waals surface area (Å²) < 4.78 is 37.9. The largest absolute Gasteiger partial charge is 0.737 e. The lowest BCUT2D eigenvalue weighted by Crippen LogP contribution is -2.52. The van der Waals surface area contributed by atoms with Crippen LogP contribution in [0.15, 0.2) is 41.1 Å². The zero-order chi connectivity index (χ0) is 30.4. The Balaban J connectivity index is 1.61. The van der Waals surface area contributed by atoms with Gasteiger partial charge in [-0.25, -0.2) is 0 Å². The third kappa shape index (κ3) is 6.67. The van der Waals surface area contributed by atoms with Crippen LogP contribution in [-0.4, -0.2) is 33.2 Å². The minimum atomic E-state index is -4.02. The van der Waals surface area contributed by atoms with E-state index >= 15 is 8.63 Å². The van der Waals surface area contributed by atoms with E-state index in [-0.39, 0.29) is 0 Å². The van der Waals surface area contributed by atoms with E-state index in [4.69, 9.17) is 0 Å². The van der Waals surface area contributed by atoms with Gasteiger partial charge in [-0.3, -0.25) is 0 Å². The van der Waals surface area contributed by atoms with Gasteiger partial charge in [0.2, 0.25) is 0 Å². The predicted molar refractivity (Wildman–Crippen MR) is 189 cm³/mol. The number of hydrogen-bond donors (Lipinski definition) is 0. The Morgan fingerprint density at radius 1 is 0.833 bits per heavy atom. The van der Waals surface area contributed by atoms with Gasteiger partial charge in [0.05, 0.1) is 11.3 Å². The van der Waals surface area contributed by atoms with Gasteiger partial charge in [0, 0.05) is 20.4 Å². The summed E-state index contributed by atoms with van der Waals surface area (Å²) in [6.07, 6.45) is 14.7. The standard InChI is InChI=1S/C35H50BF2IN2S/c1-7-10-11-12-13-14-15-16-17-18-23-42-24-32-31(9-3)26(5)35-33(28-19-21-29(39)22-20-28)34-25(4)30(8-2)27(6)40(34)36(37,38)41(32)35/h19-22H,7-18,23-24H2,1-6H3. The molecule has 0 radical (unpaired) electrons. The fraction of sp³-hybridized carbons (Fsp3) is 0.571. The Bertz CT molecular complexity index is 1350. The summed E-state index contributed by atoms with van der Waals surface area (Å²) >= 11 is 4.15. The molecule has 3 heterocycles. The van der Waals surface area contributed by atoms with Gasteiger partial charge in [-0.05, 0) is 103 Å². The van der Waals surface area contributed by atoms with E-state index in [0.29, 0.717) is 17.1 Å². The summed E-state index contributed by atoms with van der Waals surface area (Å²) in [6.45, 7) is 8.44. The van der Waals surface area contributed by atoms with Gasteiger partial charge in [0.15, 0.2) is 5.70 Å². The van der Waals surface area contributed by atoms with Gasteiger partial charge in [0.25, 0.3) is 0 Å². The van der Waals surface area contributed by atoms with Crippen LogP contribution in [0.2, 0.25) is 0 Å². The lowest BCUT2D eigenvalue weighted by atomic mass is 9.83. The lowest BCUT2D eigenvalue weighted by molar-refractivity contribution is -0.363. The number of rotatable bonds is 16. The zero-order valence-corrected chi connectivity index (χ0v) is 29.7. The van der Waals surface area contributed by atoms with Crippen molar-refractivity contribution in [3.05, 3.63) is 72.8 Å². The van der Waals surface area contributed by atoms with Crippen molar-refractivity contribution in [3.8, 4) is 0 Å². The minimum Gasteiger partial charge on any atom is -0.393 e. The molecule has 0 aliphatic carbocycles. The SMILES string of the molecule is CCCCCCCCCCCCSCC1=[N+]2C(=C(c3ccc(I)cc3)c3c(C)c(CC)c(C)n3[B-]2(F)F)C(C)=C1CC. The van der Waals surface area contributed by atoms with Crippen LogP contribution in [0.3, 0.4) is 0 Å². The van der Waals surface area contributed by atoms with Crippen molar-refractivity contribution in [2.24, 2.45) is 0 Å². The molecule has 0 spiro atoms. The maximum absolute atomic E-state index is 16.9. The first-order valence-corrected chi connectivity index (χ1v) is 18.6. The molecule has 2 aliphatic heterocycles. The lowest BCUT2D eigenvalue weighted by Gasteiger charge is -2.34. The minimum absolute atomic E-state index is 0.633. The molecule has 42 heavy (non-hydrogen) atoms. The van der Waals surface area contributed by atoms with Crippen LogP contribution in [-0.2, 0) is 6.42 Å². The van der Waals surface area contributed by atoms with Crippen LogP contribution in [0.1, 0.15) is 126 Å². The quantitative estimate of drug-likeness (QED) is 0.0958. The number of halogens is 3. The molecule has 2 aromatic rings. The molecule has 2 aliphatic rings. The number of allylic oxidation sites excluding steroid dienone is 2. The van der Waals surface area contributed by atoms with Crippen LogP contribution in [0.4, 0.5) is 8.63 Å². The summed E-state index contributed by atoms with van der Waals surface area (Å²) in [4.78, 5) is 0. The number of nitrogens with zero attached hydrogens (tertiary/aromatic N) is 2. The Kier molecular flexibility index (Phi) is 12.1. The molecule has 4 rings (SSSR count). The van der Waals surface area contributed by atoms with E-state index in [1.54, 1.807) is 0 Å². The van der Waals surface area contributed by atoms with Crippen LogP contribution in [0.5, 0.6) is 0 Å². The highest BCUT2D eigenvalue weighted by Gasteiger charge is 2.57. The maximum Gasteiger partial charge on any atom is 0.737 e. The highest BCUT2D eigenvalue weighted by molar-refractivity contribution is 14.1. The Labute approximate surface area is 271 Å². The normalized spacial score (nSPS) is 16.1. The van der Waals surface area contributed by atoms with Crippen LogP contribution in [0, 0.1) is 17.4 Å². The zero-order valence-electron chi connectivity index (χ0n) is 26.7. The fourth-order valence-electron chi connectivity index (χ4n) is 7.20. The molecular weight excluding hydrogens is 656 g/mol. The summed E-state index contributed by atoms with van der Waals surface area (Å²) in [5.41, 5.74) is 9.09. The monoisotopic (exact) mass is 706 g/mol. The number of aromatic nitrogens is 1. The second-order valence-corrected chi connectivity index (χ2v) is 14.4. The summed E-state index contributed by atoms with van der Waals surface area (Å²) in [5, 5.41) is 0. The first-order valence-electron chi connectivity index (χ1n) is 16.4. The number of thioether (sulfide) groups is 1. The smallest absolute Gasteiger partial charge is 0.393 e. The molecule has 0 N–H and O–H groups in total. The van der Waals surface area contributed by atoms with Crippen molar-refractivity contribution in [2.45, 2.75) is 119 Å². The fourth-order valence-corrected chi connectivity index (χ4v) is 8.62. The van der Waals surface area contributed by atoms with Crippen molar-refractivity contribution in [2.75, 3.05) is 11.5 Å². The molecule has 0 unspecified atom stereocenters. The first kappa shape index (κ1) is 33.5. The van der Waals surface area contributed by atoms with Gasteiger partial charge in [0.1, 0.15) is 5.71 Å². The second-order valence-electron chi connectivity index (χ2n) is 12.1. The molecule has 230 valence electrons. The van der Waals surface area contributed by atoms with Gasteiger partial charge in [-0.15, -0.1) is 0 Å². The van der Waals surface area contributed by atoms with E-state index < -0.39 is 6.97 Å². The number of unbranched alkanes of at least 4 members (excludes halogenated alkanes) is 9. The summed E-state index contributed by atoms with van der Waals surface area (Å²) in [7, 11) is 0. The predicted octanol–water partition coefficient (Wildman–Crippen LogP) is 11.1. The van der Waals surface area contributed by atoms with Crippen molar-refractivity contribution < 1.29 is 13.1 Å². The average Bonchev–Trinajstić information content (AvgIpc) is 3.40. The highest BCUT2D eigenvalue weighted by Crippen LogP contribution is 2.47. The third-order valence-electron chi connectivity index (χ3n) is 9.35. The Hall–Kier alpha value is -1.35. The van der Waals surface area contributed by atoms with E-state index in [2.05, 4.69) is 74.6 Å². The molecule has 0 saturated carbocycles. The van der Waals surface area contributed by atoms with Crippen molar-refractivity contribution in [1.82, 2.24) is 4.48 Å². The van der Waals surface area contributed by atoms with Crippen LogP contribution >= 0.6 is 34.4 Å². The third-order valence-corrected chi connectivity index (χ3v) is 11.1. The van der Waals surface area contributed by atoms with E-state index in [1.165, 1.54) is 66.8 Å². The number of fused-ring (bicyclic) bond motifs is 2. The Morgan fingerprint density at radius 3 is 2.00 bits per heavy atom. The molecule has 2 nitrogen and oxygen atoms in total. The maximum atomic E-state index is 16.9. The molecule has 0 bridgehead atoms. The molecule has 0 atom stereocenters. The van der Waals surface area contributed by atoms with E-state index in [1.807, 2.05) is 25.6 Å². The molecule has 0 saturated heterocycles. The van der Waals surface area contributed by atoms with Crippen LogP contribution in [0.25, 0.3) is 5.57 Å². The van der Waals surface area contributed by atoms with E-state index in [9.17, 15) is 0 Å². The molecule has 1 aromatic carbocycles. The summed E-state index contributed by atoms with van der Waals surface area (Å²) in [6, 6.07) is 8.38. The number of benzene rings is 1. The Morgan fingerprint density at radius 2 is 1.43 bits per heavy atom. The average molecular weight is 707 g/mol. The number of hydrogen-bond acceptors (Lipinski definition) is 1. The molecule has 1 aromatic heterocycles. The topological polar surface area (TPSA) is 7.94 Å². The van der Waals surface area contributed by atoms with Crippen LogP contribution < -0.4 is 0 Å². The molecule has 0 fully saturated rings. The molecule has 0 amide bonds. The second kappa shape index (κ2) is 15.1. The highest BCUT2D eigenvalue weighted by atomic mass is 127. The summed E-state index contributed by atoms with van der Waals surface area (Å²) in [5.74, 6) is 1.66. The molecule has 7 heteroatoms. The van der Waals surface area contributed by atoms with Gasteiger partial charge in [-0.1, -0.05) is 90.7 Å². The van der Waals surface area contributed by atoms with Gasteiger partial charge in [-0.2, -0.15) is 11.8 Å². The van der Waals surface area contributed by atoms with E-state index in [0.717, 1.165) is 73.4 Å². The van der Waals surface area contributed by atoms with Crippen molar-refractivity contribution >= 4 is 52.6 Å². The first-order chi connectivity index (χ1) is 20.2.